The first-order chi connectivity index (χ1) is 7.72. The Labute approximate surface area is 115 Å². The molecule has 17 heavy (non-hydrogen) atoms. The summed E-state index contributed by atoms with van der Waals surface area (Å²) in [4.78, 5) is 10.2. The second kappa shape index (κ2) is 5.68. The summed E-state index contributed by atoms with van der Waals surface area (Å²) in [7, 11) is -2.04. The SMILES string of the molecule is CC(C)(CCCc1ccc(Br)cc1)[Si](C)(C)O. The second-order valence-corrected chi connectivity index (χ2v) is 11.3. The zero-order valence-corrected chi connectivity index (χ0v) is 13.8. The van der Waals surface area contributed by atoms with Crippen LogP contribution in [0.5, 0.6) is 0 Å². The van der Waals surface area contributed by atoms with Crippen molar-refractivity contribution in [3.63, 3.8) is 0 Å². The van der Waals surface area contributed by atoms with Crippen molar-refractivity contribution in [1.29, 1.82) is 0 Å². The van der Waals surface area contributed by atoms with Crippen molar-refractivity contribution in [2.24, 2.45) is 0 Å². The fourth-order valence-corrected chi connectivity index (χ4v) is 2.74. The maximum atomic E-state index is 10.2. The minimum Gasteiger partial charge on any atom is -0.432 e. The van der Waals surface area contributed by atoms with Crippen LogP contribution in [0.3, 0.4) is 0 Å². The van der Waals surface area contributed by atoms with E-state index in [1.54, 1.807) is 0 Å². The largest absolute Gasteiger partial charge is 0.432 e. The minimum absolute atomic E-state index is 0.0996. The number of rotatable bonds is 5. The van der Waals surface area contributed by atoms with Gasteiger partial charge in [-0.3, -0.25) is 0 Å². The summed E-state index contributed by atoms with van der Waals surface area (Å²) in [6, 6.07) is 8.51. The Morgan fingerprint density at radius 1 is 1.18 bits per heavy atom. The summed E-state index contributed by atoms with van der Waals surface area (Å²) in [5.74, 6) is 0. The van der Waals surface area contributed by atoms with E-state index < -0.39 is 8.32 Å². The quantitative estimate of drug-likeness (QED) is 0.778. The van der Waals surface area contributed by atoms with E-state index in [-0.39, 0.29) is 5.04 Å². The molecule has 1 nitrogen and oxygen atoms in total. The molecule has 0 fully saturated rings. The molecular weight excluding hydrogens is 292 g/mol. The molecule has 0 aromatic heterocycles. The molecule has 0 radical (unpaired) electrons. The maximum Gasteiger partial charge on any atom is 0.188 e. The van der Waals surface area contributed by atoms with Gasteiger partial charge in [0.2, 0.25) is 0 Å². The average Bonchev–Trinajstić information content (AvgIpc) is 2.19. The van der Waals surface area contributed by atoms with Crippen LogP contribution >= 0.6 is 15.9 Å². The van der Waals surface area contributed by atoms with Crippen molar-refractivity contribution in [3.8, 4) is 0 Å². The van der Waals surface area contributed by atoms with Crippen LogP contribution in [0.1, 0.15) is 32.3 Å². The average molecular weight is 315 g/mol. The molecule has 0 aliphatic heterocycles. The second-order valence-electron chi connectivity index (χ2n) is 5.92. The molecule has 1 rings (SSSR count). The Hall–Kier alpha value is -0.123. The van der Waals surface area contributed by atoms with Crippen LogP contribution in [0.25, 0.3) is 0 Å². The first kappa shape index (κ1) is 14.9. The lowest BCUT2D eigenvalue weighted by Gasteiger charge is -2.35. The first-order valence-electron chi connectivity index (χ1n) is 6.19. The van der Waals surface area contributed by atoms with E-state index in [0.717, 1.165) is 23.7 Å². The lowest BCUT2D eigenvalue weighted by molar-refractivity contribution is 0.443. The molecule has 0 bridgehead atoms. The third-order valence-corrected chi connectivity index (χ3v) is 7.93. The van der Waals surface area contributed by atoms with Crippen LogP contribution < -0.4 is 0 Å². The third kappa shape index (κ3) is 4.57. The van der Waals surface area contributed by atoms with Gasteiger partial charge in [0, 0.05) is 4.47 Å². The summed E-state index contributed by atoms with van der Waals surface area (Å²) in [6.07, 6.45) is 3.34. The molecule has 0 amide bonds. The van der Waals surface area contributed by atoms with Gasteiger partial charge in [0.05, 0.1) is 0 Å². The monoisotopic (exact) mass is 314 g/mol. The van der Waals surface area contributed by atoms with Gasteiger partial charge in [-0.25, -0.2) is 0 Å². The van der Waals surface area contributed by atoms with E-state index >= 15 is 0 Å². The Bertz CT molecular complexity index is 351. The number of benzene rings is 1. The van der Waals surface area contributed by atoms with E-state index in [1.165, 1.54) is 5.56 Å². The highest BCUT2D eigenvalue weighted by atomic mass is 79.9. The van der Waals surface area contributed by atoms with Gasteiger partial charge < -0.3 is 4.80 Å². The van der Waals surface area contributed by atoms with Crippen molar-refractivity contribution in [3.05, 3.63) is 34.3 Å². The zero-order chi connectivity index (χ0) is 13.1. The van der Waals surface area contributed by atoms with E-state index in [9.17, 15) is 4.80 Å². The minimum atomic E-state index is -2.04. The Balaban J connectivity index is 2.45. The lowest BCUT2D eigenvalue weighted by atomic mass is 10.0. The number of hydrogen-bond donors (Lipinski definition) is 1. The molecular formula is C14H23BrOSi. The van der Waals surface area contributed by atoms with Crippen molar-refractivity contribution in [1.82, 2.24) is 0 Å². The summed E-state index contributed by atoms with van der Waals surface area (Å²) in [6.45, 7) is 8.46. The maximum absolute atomic E-state index is 10.2. The van der Waals surface area contributed by atoms with Gasteiger partial charge in [-0.1, -0.05) is 41.9 Å². The normalized spacial score (nSPS) is 12.8. The number of aryl methyl sites for hydroxylation is 1. The summed E-state index contributed by atoms with van der Waals surface area (Å²) >= 11 is 3.44. The highest BCUT2D eigenvalue weighted by Gasteiger charge is 2.37. The molecule has 96 valence electrons. The predicted molar refractivity (Wildman–Crippen MR) is 80.8 cm³/mol. The van der Waals surface area contributed by atoms with Gasteiger partial charge in [-0.2, -0.15) is 0 Å². The van der Waals surface area contributed by atoms with Crippen molar-refractivity contribution >= 4 is 24.2 Å². The Kier molecular flexibility index (Phi) is 4.99. The van der Waals surface area contributed by atoms with Gasteiger partial charge in [0.25, 0.3) is 0 Å². The van der Waals surface area contributed by atoms with Crippen LogP contribution in [0.2, 0.25) is 18.1 Å². The fraction of sp³-hybridized carbons (Fsp3) is 0.571. The standard InChI is InChI=1S/C14H23BrOSi/c1-14(2,17(3,4)16)11-5-6-12-7-9-13(15)10-8-12/h7-10,16H,5-6,11H2,1-4H3. The molecule has 0 heterocycles. The molecule has 0 aliphatic carbocycles. The smallest absolute Gasteiger partial charge is 0.188 e. The van der Waals surface area contributed by atoms with Gasteiger partial charge in [0.1, 0.15) is 0 Å². The highest BCUT2D eigenvalue weighted by Crippen LogP contribution is 2.40. The predicted octanol–water partition coefficient (Wildman–Crippen LogP) is 4.75. The molecule has 1 aromatic carbocycles. The molecule has 3 heteroatoms. The van der Waals surface area contributed by atoms with Crippen molar-refractivity contribution < 1.29 is 4.80 Å². The molecule has 0 saturated heterocycles. The first-order valence-corrected chi connectivity index (χ1v) is 9.93. The Morgan fingerprint density at radius 3 is 2.18 bits per heavy atom. The molecule has 0 spiro atoms. The van der Waals surface area contributed by atoms with Gasteiger partial charge in [-0.15, -0.1) is 0 Å². The Morgan fingerprint density at radius 2 is 1.71 bits per heavy atom. The summed E-state index contributed by atoms with van der Waals surface area (Å²) in [5.41, 5.74) is 1.38. The van der Waals surface area contributed by atoms with Crippen LogP contribution in [0.15, 0.2) is 28.7 Å². The van der Waals surface area contributed by atoms with Crippen LogP contribution in [-0.4, -0.2) is 13.1 Å². The molecule has 0 unspecified atom stereocenters. The third-order valence-electron chi connectivity index (χ3n) is 3.84. The molecule has 1 N–H and O–H groups in total. The topological polar surface area (TPSA) is 20.2 Å². The number of halogens is 1. The lowest BCUT2D eigenvalue weighted by Crippen LogP contribution is -2.38. The number of hydrogen-bond acceptors (Lipinski definition) is 1. The molecule has 0 atom stereocenters. The van der Waals surface area contributed by atoms with Crippen molar-refractivity contribution in [2.45, 2.75) is 51.2 Å². The summed E-state index contributed by atoms with van der Waals surface area (Å²) < 4.78 is 1.13. The van der Waals surface area contributed by atoms with E-state index in [2.05, 4.69) is 54.0 Å². The van der Waals surface area contributed by atoms with E-state index in [1.807, 2.05) is 13.1 Å². The fourth-order valence-electron chi connectivity index (χ4n) is 1.69. The van der Waals surface area contributed by atoms with Gasteiger partial charge >= 0.3 is 0 Å². The van der Waals surface area contributed by atoms with Crippen LogP contribution in [-0.2, 0) is 6.42 Å². The highest BCUT2D eigenvalue weighted by molar-refractivity contribution is 9.10. The molecule has 1 aromatic rings. The van der Waals surface area contributed by atoms with Crippen molar-refractivity contribution in [2.75, 3.05) is 0 Å². The molecule has 0 saturated carbocycles. The van der Waals surface area contributed by atoms with Gasteiger partial charge in [-0.05, 0) is 55.1 Å². The van der Waals surface area contributed by atoms with E-state index in [4.69, 9.17) is 0 Å². The summed E-state index contributed by atoms with van der Waals surface area (Å²) in [5, 5.41) is 0.0996. The van der Waals surface area contributed by atoms with Gasteiger partial charge in [0.15, 0.2) is 8.32 Å². The van der Waals surface area contributed by atoms with Crippen LogP contribution in [0, 0.1) is 0 Å². The zero-order valence-electron chi connectivity index (χ0n) is 11.3. The van der Waals surface area contributed by atoms with Crippen LogP contribution in [0.4, 0.5) is 0 Å². The molecule has 0 aliphatic rings. The van der Waals surface area contributed by atoms with E-state index in [0.29, 0.717) is 0 Å².